The molecule has 150 valence electrons. The summed E-state index contributed by atoms with van der Waals surface area (Å²) < 4.78 is 5.54. The Kier molecular flexibility index (Phi) is 6.66. The number of aromatic nitrogens is 2. The van der Waals surface area contributed by atoms with Gasteiger partial charge in [0.25, 0.3) is 5.22 Å². The molecule has 0 fully saturated rings. The van der Waals surface area contributed by atoms with Crippen LogP contribution in [0.15, 0.2) is 52.1 Å². The molecule has 0 atom stereocenters. The van der Waals surface area contributed by atoms with Crippen molar-refractivity contribution in [2.75, 3.05) is 17.6 Å². The van der Waals surface area contributed by atoms with E-state index in [1.54, 1.807) is 0 Å². The summed E-state index contributed by atoms with van der Waals surface area (Å²) in [6, 6.07) is 13.4. The zero-order valence-corrected chi connectivity index (χ0v) is 17.3. The number of hydrogen-bond acceptors (Lipinski definition) is 6. The van der Waals surface area contributed by atoms with Gasteiger partial charge in [-0.25, -0.2) is 0 Å². The number of carbonyl (C=O) groups is 2. The lowest BCUT2D eigenvalue weighted by atomic mass is 10.1. The fourth-order valence-electron chi connectivity index (χ4n) is 2.88. The highest BCUT2D eigenvalue weighted by Crippen LogP contribution is 2.23. The molecule has 2 N–H and O–H groups in total. The Balaban J connectivity index is 1.46. The Morgan fingerprint density at radius 3 is 2.38 bits per heavy atom. The van der Waals surface area contributed by atoms with Gasteiger partial charge in [-0.1, -0.05) is 47.7 Å². The van der Waals surface area contributed by atoms with Gasteiger partial charge in [0.15, 0.2) is 0 Å². The zero-order chi connectivity index (χ0) is 20.8. The number of nitrogens with one attached hydrogen (secondary N) is 2. The minimum Gasteiger partial charge on any atom is -0.411 e. The number of anilines is 1. The number of hydrogen-bond donors (Lipinski definition) is 2. The molecule has 0 aliphatic carbocycles. The van der Waals surface area contributed by atoms with Gasteiger partial charge in [0, 0.05) is 11.3 Å². The summed E-state index contributed by atoms with van der Waals surface area (Å²) in [5, 5.41) is 13.7. The van der Waals surface area contributed by atoms with Gasteiger partial charge in [-0.3, -0.25) is 9.59 Å². The van der Waals surface area contributed by atoms with Crippen LogP contribution in [0.25, 0.3) is 11.5 Å². The standard InChI is InChI=1S/C21H22N4O3S/c1-13-9-14(2)19(15(3)10-13)23-17(26)11-22-18(27)12-29-21-25-24-20(28-21)16-7-5-4-6-8-16/h4-10H,11-12H2,1-3H3,(H,22,27)(H,23,26). The van der Waals surface area contributed by atoms with Gasteiger partial charge in [-0.15, -0.1) is 10.2 Å². The Labute approximate surface area is 173 Å². The van der Waals surface area contributed by atoms with Gasteiger partial charge < -0.3 is 15.1 Å². The van der Waals surface area contributed by atoms with Gasteiger partial charge in [0.1, 0.15) is 0 Å². The predicted molar refractivity (Wildman–Crippen MR) is 113 cm³/mol. The van der Waals surface area contributed by atoms with E-state index in [9.17, 15) is 9.59 Å². The second-order valence-corrected chi connectivity index (χ2v) is 7.55. The molecule has 1 heterocycles. The maximum atomic E-state index is 12.2. The van der Waals surface area contributed by atoms with Crippen LogP contribution in [-0.2, 0) is 9.59 Å². The molecule has 2 aromatic carbocycles. The summed E-state index contributed by atoms with van der Waals surface area (Å²) in [6.07, 6.45) is 0. The molecule has 0 radical (unpaired) electrons. The minimum atomic E-state index is -0.290. The Hall–Kier alpha value is -3.13. The lowest BCUT2D eigenvalue weighted by Crippen LogP contribution is -2.34. The molecule has 0 spiro atoms. The van der Waals surface area contributed by atoms with E-state index in [1.165, 1.54) is 0 Å². The lowest BCUT2D eigenvalue weighted by Gasteiger charge is -2.13. The first-order valence-electron chi connectivity index (χ1n) is 9.08. The monoisotopic (exact) mass is 410 g/mol. The smallest absolute Gasteiger partial charge is 0.277 e. The van der Waals surface area contributed by atoms with Gasteiger partial charge in [0.2, 0.25) is 17.7 Å². The molecule has 8 heteroatoms. The van der Waals surface area contributed by atoms with Crippen LogP contribution in [0.1, 0.15) is 16.7 Å². The van der Waals surface area contributed by atoms with Crippen molar-refractivity contribution in [1.29, 1.82) is 0 Å². The van der Waals surface area contributed by atoms with E-state index in [-0.39, 0.29) is 24.1 Å². The van der Waals surface area contributed by atoms with Crippen LogP contribution in [0.3, 0.4) is 0 Å². The predicted octanol–water partition coefficient (Wildman–Crippen LogP) is 3.51. The quantitative estimate of drug-likeness (QED) is 0.579. The van der Waals surface area contributed by atoms with Crippen LogP contribution in [0.4, 0.5) is 5.69 Å². The topological polar surface area (TPSA) is 97.1 Å². The third-order valence-corrected chi connectivity index (χ3v) is 4.96. The summed E-state index contributed by atoms with van der Waals surface area (Å²) >= 11 is 1.12. The Bertz CT molecular complexity index is 995. The van der Waals surface area contributed by atoms with Crippen LogP contribution in [-0.4, -0.2) is 34.3 Å². The molecule has 1 aromatic heterocycles. The van der Waals surface area contributed by atoms with Gasteiger partial charge in [-0.05, 0) is 44.0 Å². The number of rotatable bonds is 7. The van der Waals surface area contributed by atoms with Gasteiger partial charge >= 0.3 is 0 Å². The van der Waals surface area contributed by atoms with E-state index >= 15 is 0 Å². The second-order valence-electron chi connectivity index (χ2n) is 6.63. The first kappa shape index (κ1) is 20.6. The molecule has 29 heavy (non-hydrogen) atoms. The van der Waals surface area contributed by atoms with Crippen molar-refractivity contribution in [1.82, 2.24) is 15.5 Å². The Morgan fingerprint density at radius 2 is 1.69 bits per heavy atom. The van der Waals surface area contributed by atoms with Crippen molar-refractivity contribution in [3.8, 4) is 11.5 Å². The molecule has 0 aliphatic heterocycles. The third-order valence-electron chi connectivity index (χ3n) is 4.14. The molecular formula is C21H22N4O3S. The van der Waals surface area contributed by atoms with Crippen molar-refractivity contribution in [3.05, 3.63) is 59.2 Å². The average molecular weight is 410 g/mol. The van der Waals surface area contributed by atoms with E-state index in [0.29, 0.717) is 11.1 Å². The molecule has 0 saturated heterocycles. The largest absolute Gasteiger partial charge is 0.411 e. The summed E-state index contributed by atoms with van der Waals surface area (Å²) in [5.74, 6) is -0.0898. The maximum Gasteiger partial charge on any atom is 0.277 e. The number of thioether (sulfide) groups is 1. The first-order valence-corrected chi connectivity index (χ1v) is 10.1. The van der Waals surface area contributed by atoms with Crippen LogP contribution < -0.4 is 10.6 Å². The molecule has 0 saturated carbocycles. The molecule has 7 nitrogen and oxygen atoms in total. The van der Waals surface area contributed by atoms with Crippen molar-refractivity contribution in [3.63, 3.8) is 0 Å². The van der Waals surface area contributed by atoms with Crippen molar-refractivity contribution < 1.29 is 14.0 Å². The maximum absolute atomic E-state index is 12.2. The van der Waals surface area contributed by atoms with E-state index in [1.807, 2.05) is 63.2 Å². The minimum absolute atomic E-state index is 0.0757. The molecule has 3 rings (SSSR count). The Morgan fingerprint density at radius 1 is 1.00 bits per heavy atom. The number of aryl methyl sites for hydroxylation is 3. The number of benzene rings is 2. The normalized spacial score (nSPS) is 10.6. The number of carbonyl (C=O) groups excluding carboxylic acids is 2. The van der Waals surface area contributed by atoms with Gasteiger partial charge in [-0.2, -0.15) is 0 Å². The molecule has 2 amide bonds. The van der Waals surface area contributed by atoms with E-state index in [0.717, 1.165) is 39.7 Å². The van der Waals surface area contributed by atoms with Crippen molar-refractivity contribution in [2.45, 2.75) is 26.0 Å². The molecular weight excluding hydrogens is 388 g/mol. The summed E-state index contributed by atoms with van der Waals surface area (Å²) in [5.41, 5.74) is 4.71. The van der Waals surface area contributed by atoms with Crippen molar-refractivity contribution >= 4 is 29.3 Å². The average Bonchev–Trinajstić information content (AvgIpc) is 3.17. The van der Waals surface area contributed by atoms with Crippen molar-refractivity contribution in [2.24, 2.45) is 0 Å². The highest BCUT2D eigenvalue weighted by Gasteiger charge is 2.13. The fraction of sp³-hybridized carbons (Fsp3) is 0.238. The van der Waals surface area contributed by atoms with E-state index in [4.69, 9.17) is 4.42 Å². The highest BCUT2D eigenvalue weighted by molar-refractivity contribution is 7.99. The van der Waals surface area contributed by atoms with E-state index in [2.05, 4.69) is 20.8 Å². The molecule has 3 aromatic rings. The van der Waals surface area contributed by atoms with Crippen LogP contribution in [0.2, 0.25) is 0 Å². The third kappa shape index (κ3) is 5.68. The molecule has 0 unspecified atom stereocenters. The lowest BCUT2D eigenvalue weighted by molar-refractivity contribution is -0.122. The SMILES string of the molecule is Cc1cc(C)c(NC(=O)CNC(=O)CSc2nnc(-c3ccccc3)o2)c(C)c1. The molecule has 0 bridgehead atoms. The van der Waals surface area contributed by atoms with E-state index < -0.39 is 0 Å². The number of amides is 2. The summed E-state index contributed by atoms with van der Waals surface area (Å²) in [4.78, 5) is 24.2. The van der Waals surface area contributed by atoms with Crippen LogP contribution >= 0.6 is 11.8 Å². The highest BCUT2D eigenvalue weighted by atomic mass is 32.2. The van der Waals surface area contributed by atoms with Crippen LogP contribution in [0, 0.1) is 20.8 Å². The molecule has 0 aliphatic rings. The van der Waals surface area contributed by atoms with Gasteiger partial charge in [0.05, 0.1) is 12.3 Å². The first-order chi connectivity index (χ1) is 13.9. The zero-order valence-electron chi connectivity index (χ0n) is 16.5. The summed E-state index contributed by atoms with van der Waals surface area (Å²) in [6.45, 7) is 5.79. The second kappa shape index (κ2) is 9.38. The van der Waals surface area contributed by atoms with Crippen LogP contribution in [0.5, 0.6) is 0 Å². The summed E-state index contributed by atoms with van der Waals surface area (Å²) in [7, 11) is 0. The number of nitrogens with zero attached hydrogens (tertiary/aromatic N) is 2. The fourth-order valence-corrected chi connectivity index (χ4v) is 3.48.